The SMILES string of the molecule is CNC(=O)CC(C)(C)CC(C)C. The van der Waals surface area contributed by atoms with E-state index in [-0.39, 0.29) is 11.3 Å². The molecule has 1 amide bonds. The van der Waals surface area contributed by atoms with Crippen LogP contribution < -0.4 is 5.32 Å². The summed E-state index contributed by atoms with van der Waals surface area (Å²) in [6, 6.07) is 0. The Balaban J connectivity index is 3.94. The molecule has 0 aromatic rings. The van der Waals surface area contributed by atoms with Crippen LogP contribution in [0.15, 0.2) is 0 Å². The van der Waals surface area contributed by atoms with Crippen molar-refractivity contribution in [1.82, 2.24) is 5.32 Å². The van der Waals surface area contributed by atoms with Crippen LogP contribution in [0.25, 0.3) is 0 Å². The third-order valence-electron chi connectivity index (χ3n) is 1.88. The van der Waals surface area contributed by atoms with Gasteiger partial charge in [0.05, 0.1) is 0 Å². The quantitative estimate of drug-likeness (QED) is 0.690. The van der Waals surface area contributed by atoms with Gasteiger partial charge in [0.25, 0.3) is 0 Å². The lowest BCUT2D eigenvalue weighted by Gasteiger charge is -2.25. The molecule has 2 heteroatoms. The second-order valence-electron chi connectivity index (χ2n) is 4.61. The van der Waals surface area contributed by atoms with E-state index < -0.39 is 0 Å². The molecule has 2 nitrogen and oxygen atoms in total. The van der Waals surface area contributed by atoms with Crippen LogP contribution in [0.4, 0.5) is 0 Å². The molecule has 0 aliphatic carbocycles. The summed E-state index contributed by atoms with van der Waals surface area (Å²) in [5.41, 5.74) is 0.133. The maximum Gasteiger partial charge on any atom is 0.220 e. The monoisotopic (exact) mass is 171 g/mol. The van der Waals surface area contributed by atoms with Gasteiger partial charge in [0, 0.05) is 13.5 Å². The van der Waals surface area contributed by atoms with Gasteiger partial charge in [-0.05, 0) is 17.8 Å². The zero-order chi connectivity index (χ0) is 9.78. The minimum absolute atomic E-state index is 0.133. The lowest BCUT2D eigenvalue weighted by molar-refractivity contribution is -0.122. The van der Waals surface area contributed by atoms with Crippen LogP contribution in [0.5, 0.6) is 0 Å². The van der Waals surface area contributed by atoms with Gasteiger partial charge in [0.15, 0.2) is 0 Å². The minimum Gasteiger partial charge on any atom is -0.359 e. The van der Waals surface area contributed by atoms with E-state index in [0.717, 1.165) is 6.42 Å². The summed E-state index contributed by atoms with van der Waals surface area (Å²) in [5.74, 6) is 0.797. The fraction of sp³-hybridized carbons (Fsp3) is 0.900. The highest BCUT2D eigenvalue weighted by molar-refractivity contribution is 5.76. The van der Waals surface area contributed by atoms with Gasteiger partial charge < -0.3 is 5.32 Å². The van der Waals surface area contributed by atoms with Crippen LogP contribution in [0.3, 0.4) is 0 Å². The molecule has 0 rings (SSSR count). The molecule has 0 aliphatic heterocycles. The summed E-state index contributed by atoms with van der Waals surface area (Å²) in [6.45, 7) is 8.65. The molecule has 0 bridgehead atoms. The molecule has 72 valence electrons. The van der Waals surface area contributed by atoms with Crippen molar-refractivity contribution in [3.05, 3.63) is 0 Å². The molecule has 0 saturated carbocycles. The first-order valence-corrected chi connectivity index (χ1v) is 4.58. The molecule has 0 heterocycles. The van der Waals surface area contributed by atoms with Crippen LogP contribution in [0.1, 0.15) is 40.5 Å². The molecule has 0 unspecified atom stereocenters. The average molecular weight is 171 g/mol. The molecule has 0 aromatic carbocycles. The Kier molecular flexibility index (Phi) is 4.29. The average Bonchev–Trinajstić information content (AvgIpc) is 1.83. The minimum atomic E-state index is 0.133. The smallest absolute Gasteiger partial charge is 0.220 e. The van der Waals surface area contributed by atoms with Crippen LogP contribution in [0, 0.1) is 11.3 Å². The third-order valence-corrected chi connectivity index (χ3v) is 1.88. The molecule has 0 fully saturated rings. The van der Waals surface area contributed by atoms with Gasteiger partial charge >= 0.3 is 0 Å². The molecule has 0 radical (unpaired) electrons. The van der Waals surface area contributed by atoms with E-state index in [0.29, 0.717) is 12.3 Å². The first-order chi connectivity index (χ1) is 5.37. The molecule has 0 spiro atoms. The molecule has 0 aliphatic rings. The first-order valence-electron chi connectivity index (χ1n) is 4.58. The van der Waals surface area contributed by atoms with Gasteiger partial charge in [-0.2, -0.15) is 0 Å². The Labute approximate surface area is 75.7 Å². The second-order valence-corrected chi connectivity index (χ2v) is 4.61. The highest BCUT2D eigenvalue weighted by atomic mass is 16.1. The van der Waals surface area contributed by atoms with Gasteiger partial charge in [-0.25, -0.2) is 0 Å². The van der Waals surface area contributed by atoms with Crippen molar-refractivity contribution >= 4 is 5.91 Å². The van der Waals surface area contributed by atoms with E-state index in [1.54, 1.807) is 7.05 Å². The van der Waals surface area contributed by atoms with Gasteiger partial charge in [-0.1, -0.05) is 27.7 Å². The Bertz CT molecular complexity index is 150. The molecular weight excluding hydrogens is 150 g/mol. The van der Waals surface area contributed by atoms with Gasteiger partial charge in [0.1, 0.15) is 0 Å². The largest absolute Gasteiger partial charge is 0.359 e. The molecular formula is C10H21NO. The zero-order valence-electron chi connectivity index (χ0n) is 8.90. The number of amides is 1. The Morgan fingerprint density at radius 1 is 1.42 bits per heavy atom. The van der Waals surface area contributed by atoms with E-state index in [2.05, 4.69) is 33.0 Å². The Morgan fingerprint density at radius 3 is 2.25 bits per heavy atom. The summed E-state index contributed by atoms with van der Waals surface area (Å²) < 4.78 is 0. The summed E-state index contributed by atoms with van der Waals surface area (Å²) >= 11 is 0. The number of hydrogen-bond acceptors (Lipinski definition) is 1. The summed E-state index contributed by atoms with van der Waals surface area (Å²) in [4.78, 5) is 11.1. The van der Waals surface area contributed by atoms with Crippen LogP contribution in [-0.4, -0.2) is 13.0 Å². The van der Waals surface area contributed by atoms with Crippen LogP contribution in [0.2, 0.25) is 0 Å². The van der Waals surface area contributed by atoms with Crippen molar-refractivity contribution < 1.29 is 4.79 Å². The van der Waals surface area contributed by atoms with Gasteiger partial charge in [0.2, 0.25) is 5.91 Å². The van der Waals surface area contributed by atoms with E-state index >= 15 is 0 Å². The molecule has 1 N–H and O–H groups in total. The normalized spacial score (nSPS) is 11.8. The standard InChI is InChI=1S/C10H21NO/c1-8(2)6-10(3,4)7-9(12)11-5/h8H,6-7H2,1-5H3,(H,11,12). The topological polar surface area (TPSA) is 29.1 Å². The number of carbonyl (C=O) groups excluding carboxylic acids is 1. The summed E-state index contributed by atoms with van der Waals surface area (Å²) in [5, 5.41) is 2.66. The lowest BCUT2D eigenvalue weighted by atomic mass is 9.81. The van der Waals surface area contributed by atoms with Crippen molar-refractivity contribution in [3.8, 4) is 0 Å². The second kappa shape index (κ2) is 4.48. The summed E-state index contributed by atoms with van der Waals surface area (Å²) in [6.07, 6.45) is 1.72. The highest BCUT2D eigenvalue weighted by Gasteiger charge is 2.22. The Hall–Kier alpha value is -0.530. The fourth-order valence-corrected chi connectivity index (χ4v) is 1.70. The predicted octanol–water partition coefficient (Wildman–Crippen LogP) is 2.19. The van der Waals surface area contributed by atoms with Crippen LogP contribution >= 0.6 is 0 Å². The van der Waals surface area contributed by atoms with Crippen molar-refractivity contribution in [2.24, 2.45) is 11.3 Å². The lowest BCUT2D eigenvalue weighted by Crippen LogP contribution is -2.26. The van der Waals surface area contributed by atoms with E-state index in [1.165, 1.54) is 0 Å². The number of nitrogens with one attached hydrogen (secondary N) is 1. The Morgan fingerprint density at radius 2 is 1.92 bits per heavy atom. The van der Waals surface area contributed by atoms with Crippen molar-refractivity contribution in [2.45, 2.75) is 40.5 Å². The zero-order valence-corrected chi connectivity index (χ0v) is 8.90. The number of carbonyl (C=O) groups is 1. The highest BCUT2D eigenvalue weighted by Crippen LogP contribution is 2.28. The molecule has 0 saturated heterocycles. The maximum atomic E-state index is 11.1. The third kappa shape index (κ3) is 5.16. The van der Waals surface area contributed by atoms with Crippen LogP contribution in [-0.2, 0) is 4.79 Å². The molecule has 0 atom stereocenters. The maximum absolute atomic E-state index is 11.1. The number of hydrogen-bond donors (Lipinski definition) is 1. The van der Waals surface area contributed by atoms with E-state index in [9.17, 15) is 4.79 Å². The molecule has 12 heavy (non-hydrogen) atoms. The predicted molar refractivity (Wildman–Crippen MR) is 51.9 cm³/mol. The van der Waals surface area contributed by atoms with Crippen molar-refractivity contribution in [2.75, 3.05) is 7.05 Å². The van der Waals surface area contributed by atoms with Gasteiger partial charge in [-0.3, -0.25) is 4.79 Å². The fourth-order valence-electron chi connectivity index (χ4n) is 1.70. The molecule has 0 aromatic heterocycles. The number of rotatable bonds is 4. The van der Waals surface area contributed by atoms with E-state index in [4.69, 9.17) is 0 Å². The van der Waals surface area contributed by atoms with Gasteiger partial charge in [-0.15, -0.1) is 0 Å². The van der Waals surface area contributed by atoms with Crippen molar-refractivity contribution in [1.29, 1.82) is 0 Å². The first kappa shape index (κ1) is 11.5. The summed E-state index contributed by atoms with van der Waals surface area (Å²) in [7, 11) is 1.69. The van der Waals surface area contributed by atoms with E-state index in [1.807, 2.05) is 0 Å². The van der Waals surface area contributed by atoms with Crippen molar-refractivity contribution in [3.63, 3.8) is 0 Å².